The molecule has 0 atom stereocenters. The Morgan fingerprint density at radius 3 is 1.07 bits per heavy atom. The Kier molecular flexibility index (Phi) is 3.02. The average molecular weight is 252 g/mol. The summed E-state index contributed by atoms with van der Waals surface area (Å²) < 4.78 is 93.8. The van der Waals surface area contributed by atoms with Crippen molar-refractivity contribution in [2.24, 2.45) is 0 Å². The van der Waals surface area contributed by atoms with Crippen LogP contribution in [0, 0.1) is 0 Å². The van der Waals surface area contributed by atoms with Gasteiger partial charge in [0.1, 0.15) is 0 Å². The Bertz CT molecular complexity index is 190. The van der Waals surface area contributed by atoms with Gasteiger partial charge in [-0.15, -0.1) is 0 Å². The monoisotopic (exact) mass is 252 g/mol. The van der Waals surface area contributed by atoms with Crippen molar-refractivity contribution >= 4 is 11.6 Å². The van der Waals surface area contributed by atoms with E-state index < -0.39 is 23.3 Å². The maximum absolute atomic E-state index is 11.9. The van der Waals surface area contributed by atoms with Crippen LogP contribution < -0.4 is 0 Å². The number of hydrogen-bond acceptors (Lipinski definition) is 1. The zero-order valence-electron chi connectivity index (χ0n) is 5.85. The predicted octanol–water partition coefficient (Wildman–Crippen LogP) is 2.67. The minimum Gasteiger partial charge on any atom is -0.331 e. The lowest BCUT2D eigenvalue weighted by Crippen LogP contribution is -2.60. The first-order valence-electron chi connectivity index (χ1n) is 2.67. The van der Waals surface area contributed by atoms with Gasteiger partial charge in [-0.3, -0.25) is 0 Å². The normalized spacial score (nSPS) is 15.9. The molecule has 0 bridgehead atoms. The number of hydrogen-bond donors (Lipinski definition) is 1. The van der Waals surface area contributed by atoms with E-state index in [2.05, 4.69) is 11.6 Å². The minimum absolute atomic E-state index is 3.51. The Morgan fingerprint density at radius 2 is 1.00 bits per heavy atom. The maximum Gasteiger partial charge on any atom is 0.423 e. The van der Waals surface area contributed by atoms with E-state index >= 15 is 0 Å². The van der Waals surface area contributed by atoms with Crippen molar-refractivity contribution in [3.8, 4) is 0 Å². The summed E-state index contributed by atoms with van der Waals surface area (Å²) in [5.41, 5.74) is 0. The topological polar surface area (TPSA) is 20.2 Å². The quantitative estimate of drug-likeness (QED) is 0.605. The average Bonchev–Trinajstić information content (AvgIpc) is 1.81. The molecule has 0 aromatic rings. The van der Waals surface area contributed by atoms with Gasteiger partial charge in [-0.1, -0.05) is 0 Å². The van der Waals surface area contributed by atoms with Crippen molar-refractivity contribution in [2.75, 3.05) is 0 Å². The SMILES string of the molecule is OC(F)(F)C(F)(F)C(F)(F)C(F)(F)Cl. The molecule has 0 fully saturated rings. The third-order valence-electron chi connectivity index (χ3n) is 1.13. The molecule has 1 N–H and O–H groups in total. The smallest absolute Gasteiger partial charge is 0.331 e. The summed E-state index contributed by atoms with van der Waals surface area (Å²) in [7, 11) is 0. The first kappa shape index (κ1) is 13.7. The van der Waals surface area contributed by atoms with Gasteiger partial charge >= 0.3 is 23.3 Å². The molecule has 0 spiro atoms. The van der Waals surface area contributed by atoms with E-state index in [1.165, 1.54) is 0 Å². The van der Waals surface area contributed by atoms with Gasteiger partial charge in [0, 0.05) is 0 Å². The van der Waals surface area contributed by atoms with Crippen LogP contribution in [-0.4, -0.2) is 28.4 Å². The van der Waals surface area contributed by atoms with E-state index in [0.29, 0.717) is 0 Å². The maximum atomic E-state index is 11.9. The second-order valence-electron chi connectivity index (χ2n) is 2.19. The van der Waals surface area contributed by atoms with Crippen LogP contribution in [0.1, 0.15) is 0 Å². The fourth-order valence-corrected chi connectivity index (χ4v) is 0.486. The molecule has 0 heterocycles. The predicted molar refractivity (Wildman–Crippen MR) is 27.9 cm³/mol. The lowest BCUT2D eigenvalue weighted by molar-refractivity contribution is -0.406. The minimum atomic E-state index is -6.68. The van der Waals surface area contributed by atoms with Gasteiger partial charge in [-0.25, -0.2) is 0 Å². The van der Waals surface area contributed by atoms with Crippen LogP contribution in [0.2, 0.25) is 0 Å². The van der Waals surface area contributed by atoms with Gasteiger partial charge in [0.2, 0.25) is 0 Å². The lowest BCUT2D eigenvalue weighted by atomic mass is 10.1. The highest BCUT2D eigenvalue weighted by atomic mass is 35.5. The van der Waals surface area contributed by atoms with Crippen LogP contribution in [0.4, 0.5) is 35.1 Å². The molecule has 86 valence electrons. The fraction of sp³-hybridized carbons (Fsp3) is 1.00. The molecular formula is C4HClF8O. The van der Waals surface area contributed by atoms with Gasteiger partial charge in [0.15, 0.2) is 0 Å². The Hall–Kier alpha value is -0.310. The molecule has 0 unspecified atom stereocenters. The van der Waals surface area contributed by atoms with Crippen LogP contribution in [0.3, 0.4) is 0 Å². The van der Waals surface area contributed by atoms with E-state index in [4.69, 9.17) is 5.11 Å². The second kappa shape index (κ2) is 3.09. The van der Waals surface area contributed by atoms with Crippen LogP contribution >= 0.6 is 11.6 Å². The fourth-order valence-electron chi connectivity index (χ4n) is 0.367. The van der Waals surface area contributed by atoms with Gasteiger partial charge in [0.25, 0.3) is 0 Å². The first-order valence-corrected chi connectivity index (χ1v) is 3.05. The molecule has 0 amide bonds. The molecule has 0 radical (unpaired) electrons. The van der Waals surface area contributed by atoms with Crippen molar-refractivity contribution in [1.82, 2.24) is 0 Å². The number of halogens is 9. The van der Waals surface area contributed by atoms with Crippen LogP contribution in [0.25, 0.3) is 0 Å². The molecular weight excluding hydrogens is 251 g/mol. The van der Waals surface area contributed by atoms with E-state index in [1.54, 1.807) is 0 Å². The Balaban J connectivity index is 5.30. The summed E-state index contributed by atoms with van der Waals surface area (Å²) >= 11 is 3.51. The van der Waals surface area contributed by atoms with Crippen molar-refractivity contribution in [2.45, 2.75) is 23.3 Å². The number of alkyl halides is 9. The summed E-state index contributed by atoms with van der Waals surface area (Å²) in [6, 6.07) is 0. The summed E-state index contributed by atoms with van der Waals surface area (Å²) in [5, 5.41) is 1.38. The highest BCUT2D eigenvalue weighted by molar-refractivity contribution is 6.22. The highest BCUT2D eigenvalue weighted by Crippen LogP contribution is 2.52. The second-order valence-corrected chi connectivity index (χ2v) is 2.66. The van der Waals surface area contributed by atoms with Crippen molar-refractivity contribution < 1.29 is 40.2 Å². The lowest BCUT2D eigenvalue weighted by Gasteiger charge is -2.31. The third-order valence-corrected chi connectivity index (χ3v) is 1.37. The van der Waals surface area contributed by atoms with E-state index in [1.807, 2.05) is 0 Å². The molecule has 0 aromatic heterocycles. The third kappa shape index (κ3) is 1.88. The zero-order valence-corrected chi connectivity index (χ0v) is 6.60. The number of aliphatic hydroxyl groups is 1. The van der Waals surface area contributed by atoms with E-state index in [9.17, 15) is 35.1 Å². The molecule has 0 aliphatic rings. The molecule has 0 saturated carbocycles. The molecule has 0 aromatic carbocycles. The van der Waals surface area contributed by atoms with Gasteiger partial charge in [-0.2, -0.15) is 35.1 Å². The van der Waals surface area contributed by atoms with Crippen molar-refractivity contribution in [3.63, 3.8) is 0 Å². The number of rotatable bonds is 3. The van der Waals surface area contributed by atoms with Crippen LogP contribution in [-0.2, 0) is 0 Å². The van der Waals surface area contributed by atoms with Crippen molar-refractivity contribution in [3.05, 3.63) is 0 Å². The highest BCUT2D eigenvalue weighted by Gasteiger charge is 2.80. The molecule has 0 aliphatic carbocycles. The molecule has 0 saturated heterocycles. The van der Waals surface area contributed by atoms with Gasteiger partial charge < -0.3 is 5.11 Å². The van der Waals surface area contributed by atoms with Crippen LogP contribution in [0.15, 0.2) is 0 Å². The summed E-state index contributed by atoms with van der Waals surface area (Å²) in [5.74, 6) is -13.3. The van der Waals surface area contributed by atoms with Gasteiger partial charge in [0.05, 0.1) is 0 Å². The summed E-state index contributed by atoms with van der Waals surface area (Å²) in [4.78, 5) is 0. The van der Waals surface area contributed by atoms with Crippen molar-refractivity contribution in [1.29, 1.82) is 0 Å². The molecule has 0 aliphatic heterocycles. The van der Waals surface area contributed by atoms with Gasteiger partial charge in [-0.05, 0) is 11.6 Å². The Labute approximate surface area is 76.3 Å². The largest absolute Gasteiger partial charge is 0.423 e. The Morgan fingerprint density at radius 1 is 0.714 bits per heavy atom. The summed E-state index contributed by atoms with van der Waals surface area (Å²) in [6.45, 7) is 0. The van der Waals surface area contributed by atoms with E-state index in [-0.39, 0.29) is 0 Å². The standard InChI is InChI=1S/C4HClF8O/c5-3(10,11)1(6,7)2(8,9)4(12,13)14/h14H. The molecule has 0 rings (SSSR count). The van der Waals surface area contributed by atoms with E-state index in [0.717, 1.165) is 0 Å². The zero-order chi connectivity index (χ0) is 12.0. The van der Waals surface area contributed by atoms with Crippen LogP contribution in [0.5, 0.6) is 0 Å². The molecule has 1 nitrogen and oxygen atoms in total. The molecule has 14 heavy (non-hydrogen) atoms. The first-order chi connectivity index (χ1) is 5.75. The molecule has 10 heteroatoms. The summed E-state index contributed by atoms with van der Waals surface area (Å²) in [6.07, 6.45) is -6.31.